The molecule has 0 bridgehead atoms. The van der Waals surface area contributed by atoms with Crippen molar-refractivity contribution in [3.05, 3.63) is 24.3 Å². The average Bonchev–Trinajstić information content (AvgIpc) is 2.72. The van der Waals surface area contributed by atoms with Crippen molar-refractivity contribution >= 4 is 17.6 Å². The Bertz CT molecular complexity index is 642. The predicted molar refractivity (Wildman–Crippen MR) is 79.4 cm³/mol. The number of ether oxygens (including phenoxy) is 1. The summed E-state index contributed by atoms with van der Waals surface area (Å²) < 4.78 is 40.5. The van der Waals surface area contributed by atoms with Gasteiger partial charge in [-0.15, -0.1) is 13.2 Å². The predicted octanol–water partition coefficient (Wildman–Crippen LogP) is 3.66. The first-order valence-electron chi connectivity index (χ1n) is 7.40. The van der Waals surface area contributed by atoms with Gasteiger partial charge in [0.1, 0.15) is 5.75 Å². The first-order chi connectivity index (χ1) is 11.0. The highest BCUT2D eigenvalue weighted by Gasteiger charge is 2.49. The smallest absolute Gasteiger partial charge is 0.481 e. The number of nitrogens with one attached hydrogen (secondary N) is 1. The number of benzene rings is 1. The van der Waals surface area contributed by atoms with Crippen molar-refractivity contribution in [1.82, 2.24) is 0 Å². The second-order valence-corrected chi connectivity index (χ2v) is 6.41. The van der Waals surface area contributed by atoms with E-state index in [0.29, 0.717) is 12.8 Å². The van der Waals surface area contributed by atoms with Crippen molar-refractivity contribution in [1.29, 1.82) is 0 Å². The molecule has 2 atom stereocenters. The monoisotopic (exact) mass is 345 g/mol. The third kappa shape index (κ3) is 3.98. The summed E-state index contributed by atoms with van der Waals surface area (Å²) in [5.74, 6) is -2.96. The van der Waals surface area contributed by atoms with E-state index in [9.17, 15) is 27.9 Å². The highest BCUT2D eigenvalue weighted by molar-refractivity contribution is 5.94. The van der Waals surface area contributed by atoms with Crippen LogP contribution in [0.25, 0.3) is 0 Å². The van der Waals surface area contributed by atoms with Gasteiger partial charge in [-0.1, -0.05) is 19.9 Å². The van der Waals surface area contributed by atoms with Gasteiger partial charge in [-0.25, -0.2) is 0 Å². The third-order valence-corrected chi connectivity index (χ3v) is 4.49. The van der Waals surface area contributed by atoms with Gasteiger partial charge in [0.15, 0.2) is 0 Å². The Hall–Kier alpha value is -2.25. The number of alkyl halides is 3. The second kappa shape index (κ2) is 6.33. The van der Waals surface area contributed by atoms with Crippen LogP contribution >= 0.6 is 0 Å². The fourth-order valence-electron chi connectivity index (χ4n) is 3.23. The van der Waals surface area contributed by atoms with E-state index in [1.807, 2.05) is 0 Å². The molecule has 1 saturated carbocycles. The number of hydrogen-bond acceptors (Lipinski definition) is 3. The molecule has 1 unspecified atom stereocenters. The minimum atomic E-state index is -4.81. The van der Waals surface area contributed by atoms with Crippen LogP contribution in [-0.2, 0) is 9.59 Å². The summed E-state index contributed by atoms with van der Waals surface area (Å²) >= 11 is 0. The van der Waals surface area contributed by atoms with Crippen molar-refractivity contribution < 1.29 is 32.6 Å². The molecule has 8 heteroatoms. The fourth-order valence-corrected chi connectivity index (χ4v) is 3.23. The molecule has 24 heavy (non-hydrogen) atoms. The molecule has 0 spiro atoms. The highest BCUT2D eigenvalue weighted by Crippen LogP contribution is 2.48. The van der Waals surface area contributed by atoms with Crippen LogP contribution in [0.1, 0.15) is 26.7 Å². The lowest BCUT2D eigenvalue weighted by Gasteiger charge is -2.30. The summed E-state index contributed by atoms with van der Waals surface area (Å²) in [4.78, 5) is 23.7. The maximum absolute atomic E-state index is 12.4. The van der Waals surface area contributed by atoms with E-state index in [2.05, 4.69) is 10.1 Å². The Morgan fingerprint density at radius 3 is 2.42 bits per heavy atom. The zero-order valence-corrected chi connectivity index (χ0v) is 13.2. The topological polar surface area (TPSA) is 75.6 Å². The van der Waals surface area contributed by atoms with Crippen molar-refractivity contribution in [3.8, 4) is 5.75 Å². The summed E-state index contributed by atoms with van der Waals surface area (Å²) in [5.41, 5.74) is -0.577. The summed E-state index contributed by atoms with van der Waals surface area (Å²) in [7, 11) is 0. The number of halogens is 3. The SMILES string of the molecule is CC1(C)C(C(=O)O)CC[C@@H]1C(=O)Nc1cccc(OC(F)(F)F)c1. The molecule has 132 valence electrons. The van der Waals surface area contributed by atoms with E-state index in [1.165, 1.54) is 12.1 Å². The van der Waals surface area contributed by atoms with E-state index >= 15 is 0 Å². The molecule has 2 rings (SSSR count). The minimum Gasteiger partial charge on any atom is -0.481 e. The van der Waals surface area contributed by atoms with E-state index < -0.39 is 41.2 Å². The summed E-state index contributed by atoms with van der Waals surface area (Å²) in [6.45, 7) is 3.43. The Balaban J connectivity index is 2.10. The minimum absolute atomic E-state index is 0.163. The van der Waals surface area contributed by atoms with Gasteiger partial charge in [-0.05, 0) is 30.4 Å². The number of rotatable bonds is 4. The molecule has 1 aliphatic rings. The van der Waals surface area contributed by atoms with Gasteiger partial charge < -0.3 is 15.2 Å². The molecule has 1 amide bonds. The number of carbonyl (C=O) groups is 2. The molecule has 1 fully saturated rings. The average molecular weight is 345 g/mol. The number of carboxylic acid groups (broad SMARTS) is 1. The normalized spacial score (nSPS) is 22.9. The molecule has 0 saturated heterocycles. The van der Waals surface area contributed by atoms with Crippen LogP contribution in [-0.4, -0.2) is 23.3 Å². The molecule has 0 aliphatic heterocycles. The maximum atomic E-state index is 12.4. The molecule has 0 heterocycles. The molecule has 1 aliphatic carbocycles. The van der Waals surface area contributed by atoms with E-state index in [-0.39, 0.29) is 5.69 Å². The Morgan fingerprint density at radius 1 is 1.25 bits per heavy atom. The van der Waals surface area contributed by atoms with Gasteiger partial charge in [-0.3, -0.25) is 9.59 Å². The summed E-state index contributed by atoms with van der Waals surface area (Å²) in [5, 5.41) is 11.8. The molecule has 1 aromatic carbocycles. The van der Waals surface area contributed by atoms with Crippen molar-refractivity contribution in [2.45, 2.75) is 33.1 Å². The van der Waals surface area contributed by atoms with Crippen LogP contribution < -0.4 is 10.1 Å². The molecule has 0 aromatic heterocycles. The van der Waals surface area contributed by atoms with Crippen LogP contribution in [0.15, 0.2) is 24.3 Å². The number of carbonyl (C=O) groups excluding carboxylic acids is 1. The van der Waals surface area contributed by atoms with Gasteiger partial charge in [0.25, 0.3) is 0 Å². The number of hydrogen-bond donors (Lipinski definition) is 2. The largest absolute Gasteiger partial charge is 0.573 e. The highest BCUT2D eigenvalue weighted by atomic mass is 19.4. The third-order valence-electron chi connectivity index (χ3n) is 4.49. The lowest BCUT2D eigenvalue weighted by atomic mass is 9.75. The lowest BCUT2D eigenvalue weighted by molar-refractivity contribution is -0.274. The standard InChI is InChI=1S/C16H18F3NO4/c1-15(2)11(6-7-12(15)14(22)23)13(21)20-9-4-3-5-10(8-9)24-16(17,18)19/h3-5,8,11-12H,6-7H2,1-2H3,(H,20,21)(H,22,23)/t11-,12?/m1/s1. The Labute approximate surface area is 136 Å². The van der Waals surface area contributed by atoms with Gasteiger partial charge in [-0.2, -0.15) is 0 Å². The van der Waals surface area contributed by atoms with E-state index in [1.54, 1.807) is 13.8 Å². The van der Waals surface area contributed by atoms with Gasteiger partial charge in [0.2, 0.25) is 5.91 Å². The Kier molecular flexibility index (Phi) is 4.77. The zero-order valence-electron chi connectivity index (χ0n) is 13.2. The van der Waals surface area contributed by atoms with Crippen LogP contribution in [0.4, 0.5) is 18.9 Å². The summed E-state index contributed by atoms with van der Waals surface area (Å²) in [6, 6.07) is 4.97. The van der Waals surface area contributed by atoms with Crippen molar-refractivity contribution in [2.24, 2.45) is 17.3 Å². The fraction of sp³-hybridized carbons (Fsp3) is 0.500. The number of anilines is 1. The first-order valence-corrected chi connectivity index (χ1v) is 7.40. The maximum Gasteiger partial charge on any atom is 0.573 e. The lowest BCUT2D eigenvalue weighted by Crippen LogP contribution is -2.36. The van der Waals surface area contributed by atoms with Crippen LogP contribution in [0, 0.1) is 17.3 Å². The van der Waals surface area contributed by atoms with Crippen molar-refractivity contribution in [2.75, 3.05) is 5.32 Å². The number of aliphatic carboxylic acids is 1. The van der Waals surface area contributed by atoms with Gasteiger partial charge in [0, 0.05) is 17.7 Å². The van der Waals surface area contributed by atoms with Crippen molar-refractivity contribution in [3.63, 3.8) is 0 Å². The van der Waals surface area contributed by atoms with Gasteiger partial charge >= 0.3 is 12.3 Å². The molecule has 5 nitrogen and oxygen atoms in total. The van der Waals surface area contributed by atoms with Gasteiger partial charge in [0.05, 0.1) is 5.92 Å². The van der Waals surface area contributed by atoms with Crippen LogP contribution in [0.5, 0.6) is 5.75 Å². The quantitative estimate of drug-likeness (QED) is 0.873. The second-order valence-electron chi connectivity index (χ2n) is 6.41. The van der Waals surface area contributed by atoms with Crippen LogP contribution in [0.3, 0.4) is 0 Å². The van der Waals surface area contributed by atoms with E-state index in [4.69, 9.17) is 0 Å². The molecule has 2 N–H and O–H groups in total. The zero-order chi connectivity index (χ0) is 18.1. The first kappa shape index (κ1) is 18.1. The number of carboxylic acids is 1. The molecule has 1 aromatic rings. The Morgan fingerprint density at radius 2 is 1.88 bits per heavy atom. The molecule has 0 radical (unpaired) electrons. The number of amides is 1. The molecular formula is C16H18F3NO4. The molecular weight excluding hydrogens is 327 g/mol. The van der Waals surface area contributed by atoms with Crippen LogP contribution in [0.2, 0.25) is 0 Å². The van der Waals surface area contributed by atoms with E-state index in [0.717, 1.165) is 12.1 Å². The summed E-state index contributed by atoms with van der Waals surface area (Å²) in [6.07, 6.45) is -4.02.